The second kappa shape index (κ2) is 6.14. The van der Waals surface area contributed by atoms with E-state index in [9.17, 15) is 4.39 Å². The van der Waals surface area contributed by atoms with E-state index in [0.717, 1.165) is 30.7 Å². The van der Waals surface area contributed by atoms with Crippen LogP contribution in [0.4, 0.5) is 10.1 Å². The van der Waals surface area contributed by atoms with Gasteiger partial charge < -0.3 is 10.1 Å². The van der Waals surface area contributed by atoms with Gasteiger partial charge in [0.05, 0.1) is 12.1 Å². The zero-order valence-electron chi connectivity index (χ0n) is 15.2. The molecule has 25 heavy (non-hydrogen) atoms. The van der Waals surface area contributed by atoms with E-state index in [1.54, 1.807) is 12.1 Å². The van der Waals surface area contributed by atoms with E-state index in [1.807, 2.05) is 12.1 Å². The van der Waals surface area contributed by atoms with Gasteiger partial charge in [-0.2, -0.15) is 0 Å². The number of nitrogens with one attached hydrogen (secondary N) is 1. The first-order valence-electron chi connectivity index (χ1n) is 9.21. The molecule has 3 unspecified atom stereocenters. The number of hydrogen-bond acceptors (Lipinski definition) is 2. The number of halogens is 1. The third-order valence-corrected chi connectivity index (χ3v) is 5.56. The number of rotatable bonds is 1. The van der Waals surface area contributed by atoms with Crippen molar-refractivity contribution in [1.82, 2.24) is 0 Å². The highest BCUT2D eigenvalue weighted by atomic mass is 19.1. The van der Waals surface area contributed by atoms with Gasteiger partial charge in [0.2, 0.25) is 0 Å². The van der Waals surface area contributed by atoms with Gasteiger partial charge in [-0.3, -0.25) is 0 Å². The van der Waals surface area contributed by atoms with Crippen molar-refractivity contribution in [3.8, 4) is 0 Å². The van der Waals surface area contributed by atoms with Crippen molar-refractivity contribution in [2.24, 2.45) is 5.92 Å². The molecule has 0 spiro atoms. The molecule has 3 heteroatoms. The van der Waals surface area contributed by atoms with E-state index >= 15 is 0 Å². The molecular formula is C22H26FNO. The summed E-state index contributed by atoms with van der Waals surface area (Å²) in [5.41, 5.74) is 5.00. The molecule has 0 aromatic heterocycles. The summed E-state index contributed by atoms with van der Waals surface area (Å²) in [6.45, 7) is 7.54. The largest absolute Gasteiger partial charge is 0.378 e. The number of anilines is 1. The number of hydrogen-bond donors (Lipinski definition) is 1. The van der Waals surface area contributed by atoms with Crippen molar-refractivity contribution in [2.75, 3.05) is 11.9 Å². The lowest BCUT2D eigenvalue weighted by Crippen LogP contribution is -2.36. The molecule has 1 fully saturated rings. The summed E-state index contributed by atoms with van der Waals surface area (Å²) in [7, 11) is 0. The van der Waals surface area contributed by atoms with E-state index in [2.05, 4.69) is 44.3 Å². The van der Waals surface area contributed by atoms with Crippen molar-refractivity contribution in [1.29, 1.82) is 0 Å². The van der Waals surface area contributed by atoms with Gasteiger partial charge in [-0.25, -0.2) is 4.39 Å². The maximum Gasteiger partial charge on any atom is 0.123 e. The van der Waals surface area contributed by atoms with Crippen LogP contribution < -0.4 is 5.32 Å². The summed E-state index contributed by atoms with van der Waals surface area (Å²) in [4.78, 5) is 0. The van der Waals surface area contributed by atoms with Gasteiger partial charge in [-0.1, -0.05) is 45.0 Å². The lowest BCUT2D eigenvalue weighted by atomic mass is 9.76. The van der Waals surface area contributed by atoms with E-state index < -0.39 is 0 Å². The Labute approximate surface area is 149 Å². The molecule has 1 N–H and O–H groups in total. The predicted octanol–water partition coefficient (Wildman–Crippen LogP) is 5.76. The summed E-state index contributed by atoms with van der Waals surface area (Å²) in [5, 5.41) is 3.71. The first-order chi connectivity index (χ1) is 11.9. The Morgan fingerprint density at radius 1 is 1.08 bits per heavy atom. The molecule has 2 aromatic rings. The molecule has 0 bridgehead atoms. The highest BCUT2D eigenvalue weighted by Crippen LogP contribution is 2.49. The van der Waals surface area contributed by atoms with Crippen LogP contribution in [0, 0.1) is 11.7 Å². The van der Waals surface area contributed by atoms with Crippen molar-refractivity contribution in [3.63, 3.8) is 0 Å². The number of fused-ring (bicyclic) bond motifs is 3. The van der Waals surface area contributed by atoms with Crippen LogP contribution >= 0.6 is 0 Å². The van der Waals surface area contributed by atoms with Gasteiger partial charge in [-0.15, -0.1) is 0 Å². The Kier molecular flexibility index (Phi) is 4.07. The quantitative estimate of drug-likeness (QED) is 0.713. The van der Waals surface area contributed by atoms with Gasteiger partial charge in [0, 0.05) is 23.8 Å². The maximum absolute atomic E-state index is 13.3. The summed E-state index contributed by atoms with van der Waals surface area (Å²) < 4.78 is 19.6. The van der Waals surface area contributed by atoms with Crippen LogP contribution in [0.25, 0.3) is 0 Å². The van der Waals surface area contributed by atoms with Gasteiger partial charge in [0.1, 0.15) is 5.82 Å². The van der Waals surface area contributed by atoms with E-state index in [-0.39, 0.29) is 23.4 Å². The highest BCUT2D eigenvalue weighted by Gasteiger charge is 2.40. The highest BCUT2D eigenvalue weighted by molar-refractivity contribution is 5.59. The molecule has 0 saturated carbocycles. The van der Waals surface area contributed by atoms with Crippen LogP contribution in [0.2, 0.25) is 0 Å². The zero-order valence-corrected chi connectivity index (χ0v) is 15.2. The Morgan fingerprint density at radius 2 is 1.84 bits per heavy atom. The molecule has 1 saturated heterocycles. The van der Waals surface area contributed by atoms with Crippen LogP contribution in [0.1, 0.15) is 62.4 Å². The van der Waals surface area contributed by atoms with Gasteiger partial charge in [0.15, 0.2) is 0 Å². The Balaban J connectivity index is 1.76. The van der Waals surface area contributed by atoms with Crippen LogP contribution in [0.3, 0.4) is 0 Å². The molecule has 2 aliphatic rings. The summed E-state index contributed by atoms with van der Waals surface area (Å²) in [6, 6.07) is 13.8. The molecule has 0 radical (unpaired) electrons. The average Bonchev–Trinajstić information content (AvgIpc) is 2.60. The van der Waals surface area contributed by atoms with Gasteiger partial charge in [-0.05, 0) is 47.6 Å². The summed E-state index contributed by atoms with van der Waals surface area (Å²) in [6.07, 6.45) is 2.32. The molecule has 0 aliphatic carbocycles. The van der Waals surface area contributed by atoms with Crippen LogP contribution in [-0.2, 0) is 10.2 Å². The van der Waals surface area contributed by atoms with Crippen LogP contribution in [0.15, 0.2) is 42.5 Å². The average molecular weight is 339 g/mol. The molecule has 2 aromatic carbocycles. The van der Waals surface area contributed by atoms with E-state index in [4.69, 9.17) is 4.74 Å². The van der Waals surface area contributed by atoms with Crippen molar-refractivity contribution in [3.05, 3.63) is 65.0 Å². The topological polar surface area (TPSA) is 21.3 Å². The minimum absolute atomic E-state index is 0.113. The lowest BCUT2D eigenvalue weighted by molar-refractivity contribution is -0.0382. The standard InChI is InChI=1S/C22H26FNO/c1-22(2,3)15-8-11-19-18(13-15)21-17(5-4-12-25-21)20(24-19)14-6-9-16(23)10-7-14/h6-11,13,17,20-21,24H,4-5,12H2,1-3H3. The van der Waals surface area contributed by atoms with Crippen LogP contribution in [0.5, 0.6) is 0 Å². The third kappa shape index (κ3) is 3.06. The van der Waals surface area contributed by atoms with Crippen LogP contribution in [-0.4, -0.2) is 6.61 Å². The molecule has 2 nitrogen and oxygen atoms in total. The van der Waals surface area contributed by atoms with E-state index in [1.165, 1.54) is 11.1 Å². The fourth-order valence-electron chi connectivity index (χ4n) is 4.14. The number of ether oxygens (including phenoxy) is 1. The smallest absolute Gasteiger partial charge is 0.123 e. The molecule has 2 heterocycles. The van der Waals surface area contributed by atoms with Crippen molar-refractivity contribution in [2.45, 2.75) is 51.2 Å². The molecule has 3 atom stereocenters. The zero-order chi connectivity index (χ0) is 17.6. The molecule has 0 amide bonds. The second-order valence-corrected chi connectivity index (χ2v) is 8.32. The lowest BCUT2D eigenvalue weighted by Gasteiger charge is -2.44. The predicted molar refractivity (Wildman–Crippen MR) is 99.3 cm³/mol. The van der Waals surface area contributed by atoms with E-state index in [0.29, 0.717) is 5.92 Å². The molecule has 2 aliphatic heterocycles. The fourth-order valence-corrected chi connectivity index (χ4v) is 4.14. The molecular weight excluding hydrogens is 313 g/mol. The third-order valence-electron chi connectivity index (χ3n) is 5.56. The monoisotopic (exact) mass is 339 g/mol. The van der Waals surface area contributed by atoms with Crippen molar-refractivity contribution >= 4 is 5.69 Å². The Bertz CT molecular complexity index is 763. The first-order valence-corrected chi connectivity index (χ1v) is 9.21. The Morgan fingerprint density at radius 3 is 2.56 bits per heavy atom. The summed E-state index contributed by atoms with van der Waals surface area (Å²) in [5.74, 6) is 0.188. The van der Waals surface area contributed by atoms with Crippen molar-refractivity contribution < 1.29 is 9.13 Å². The molecule has 4 rings (SSSR count). The normalized spacial score (nSPS) is 25.7. The first kappa shape index (κ1) is 16.6. The summed E-state index contributed by atoms with van der Waals surface area (Å²) >= 11 is 0. The Hall–Kier alpha value is -1.87. The minimum atomic E-state index is -0.189. The van der Waals surface area contributed by atoms with Gasteiger partial charge in [0.25, 0.3) is 0 Å². The molecule has 132 valence electrons. The second-order valence-electron chi connectivity index (χ2n) is 8.32. The maximum atomic E-state index is 13.3. The minimum Gasteiger partial charge on any atom is -0.378 e. The fraction of sp³-hybridized carbons (Fsp3) is 0.455. The van der Waals surface area contributed by atoms with Gasteiger partial charge >= 0.3 is 0 Å². The SMILES string of the molecule is CC(C)(C)c1ccc2c(c1)C1OCCCC1C(c1ccc(F)cc1)N2. The number of benzene rings is 2.